The van der Waals surface area contributed by atoms with E-state index in [0.717, 1.165) is 32.2 Å². The van der Waals surface area contributed by atoms with E-state index in [4.69, 9.17) is 18.0 Å². The highest BCUT2D eigenvalue weighted by Crippen LogP contribution is 2.19. The highest BCUT2D eigenvalue weighted by Gasteiger charge is 2.32. The third-order valence-electron chi connectivity index (χ3n) is 4.17. The van der Waals surface area contributed by atoms with Crippen LogP contribution < -0.4 is 5.73 Å². The molecule has 21 heavy (non-hydrogen) atoms. The van der Waals surface area contributed by atoms with Crippen LogP contribution in [0.1, 0.15) is 19.4 Å². The summed E-state index contributed by atoms with van der Waals surface area (Å²) in [5, 5.41) is 0. The van der Waals surface area contributed by atoms with Crippen molar-refractivity contribution in [2.45, 2.75) is 25.9 Å². The Balaban J connectivity index is 1.96. The molecule has 0 radical (unpaired) electrons. The SMILES string of the molecule is CC(C)(C(N)=S)N1CCN(Cc2cc(F)ccc2F)CC1. The van der Waals surface area contributed by atoms with Gasteiger partial charge in [-0.15, -0.1) is 0 Å². The van der Waals surface area contributed by atoms with Gasteiger partial charge in [-0.05, 0) is 32.0 Å². The number of nitrogens with two attached hydrogens (primary N) is 1. The van der Waals surface area contributed by atoms with Crippen LogP contribution in [0.15, 0.2) is 18.2 Å². The molecule has 6 heteroatoms. The molecule has 116 valence electrons. The first-order valence-electron chi connectivity index (χ1n) is 7.02. The summed E-state index contributed by atoms with van der Waals surface area (Å²) in [6, 6.07) is 3.58. The van der Waals surface area contributed by atoms with Gasteiger partial charge in [0.15, 0.2) is 0 Å². The minimum atomic E-state index is -0.403. The summed E-state index contributed by atoms with van der Waals surface area (Å²) in [7, 11) is 0. The van der Waals surface area contributed by atoms with Crippen molar-refractivity contribution in [3.05, 3.63) is 35.4 Å². The molecule has 1 saturated heterocycles. The molecule has 1 aromatic carbocycles. The highest BCUT2D eigenvalue weighted by molar-refractivity contribution is 7.80. The number of piperazine rings is 1. The highest BCUT2D eigenvalue weighted by atomic mass is 32.1. The first-order chi connectivity index (χ1) is 9.80. The molecular weight excluding hydrogens is 292 g/mol. The minimum Gasteiger partial charge on any atom is -0.392 e. The van der Waals surface area contributed by atoms with Crippen LogP contribution in [-0.2, 0) is 6.54 Å². The normalized spacial score (nSPS) is 17.9. The number of hydrogen-bond acceptors (Lipinski definition) is 3. The van der Waals surface area contributed by atoms with E-state index in [2.05, 4.69) is 9.80 Å². The summed E-state index contributed by atoms with van der Waals surface area (Å²) in [6.07, 6.45) is 0. The molecule has 1 fully saturated rings. The quantitative estimate of drug-likeness (QED) is 0.864. The molecular formula is C15H21F2N3S. The molecule has 2 N–H and O–H groups in total. The van der Waals surface area contributed by atoms with Crippen molar-refractivity contribution in [2.24, 2.45) is 5.73 Å². The smallest absolute Gasteiger partial charge is 0.127 e. The Hall–Kier alpha value is -1.11. The molecule has 1 aliphatic heterocycles. The van der Waals surface area contributed by atoms with Gasteiger partial charge >= 0.3 is 0 Å². The van der Waals surface area contributed by atoms with Crippen LogP contribution >= 0.6 is 12.2 Å². The summed E-state index contributed by atoms with van der Waals surface area (Å²) in [5.74, 6) is -0.762. The van der Waals surface area contributed by atoms with Crippen LogP contribution in [0.3, 0.4) is 0 Å². The monoisotopic (exact) mass is 313 g/mol. The number of halogens is 2. The molecule has 0 unspecified atom stereocenters. The average molecular weight is 313 g/mol. The number of benzene rings is 1. The zero-order valence-electron chi connectivity index (χ0n) is 12.4. The van der Waals surface area contributed by atoms with E-state index in [0.29, 0.717) is 17.1 Å². The fraction of sp³-hybridized carbons (Fsp3) is 0.533. The second kappa shape index (κ2) is 6.34. The maximum absolute atomic E-state index is 13.7. The van der Waals surface area contributed by atoms with Gasteiger partial charge in [-0.1, -0.05) is 12.2 Å². The molecule has 1 aromatic rings. The zero-order chi connectivity index (χ0) is 15.6. The van der Waals surface area contributed by atoms with Crippen molar-refractivity contribution in [1.29, 1.82) is 0 Å². The van der Waals surface area contributed by atoms with Gasteiger partial charge < -0.3 is 5.73 Å². The van der Waals surface area contributed by atoms with E-state index in [1.807, 2.05) is 13.8 Å². The van der Waals surface area contributed by atoms with Crippen molar-refractivity contribution in [2.75, 3.05) is 26.2 Å². The summed E-state index contributed by atoms with van der Waals surface area (Å²) < 4.78 is 26.8. The van der Waals surface area contributed by atoms with Crippen molar-refractivity contribution >= 4 is 17.2 Å². The van der Waals surface area contributed by atoms with Crippen molar-refractivity contribution < 1.29 is 8.78 Å². The van der Waals surface area contributed by atoms with Gasteiger partial charge in [0.2, 0.25) is 0 Å². The van der Waals surface area contributed by atoms with E-state index in [9.17, 15) is 8.78 Å². The molecule has 0 bridgehead atoms. The van der Waals surface area contributed by atoms with E-state index in [-0.39, 0.29) is 11.4 Å². The molecule has 0 atom stereocenters. The Morgan fingerprint density at radius 1 is 1.24 bits per heavy atom. The molecule has 0 aliphatic carbocycles. The number of thiocarbonyl (C=S) groups is 1. The van der Waals surface area contributed by atoms with Gasteiger partial charge in [-0.25, -0.2) is 8.78 Å². The third-order valence-corrected chi connectivity index (χ3v) is 4.67. The standard InChI is InChI=1S/C15H21F2N3S/c1-15(2,14(18)21)20-7-5-19(6-8-20)10-11-9-12(16)3-4-13(11)17/h3-4,9H,5-8,10H2,1-2H3,(H2,18,21). The fourth-order valence-electron chi connectivity index (χ4n) is 2.53. The van der Waals surface area contributed by atoms with Crippen molar-refractivity contribution in [1.82, 2.24) is 9.80 Å². The lowest BCUT2D eigenvalue weighted by molar-refractivity contribution is 0.0815. The second-order valence-corrected chi connectivity index (χ2v) is 6.36. The number of rotatable bonds is 4. The first-order valence-corrected chi connectivity index (χ1v) is 7.43. The second-order valence-electron chi connectivity index (χ2n) is 5.92. The minimum absolute atomic E-state index is 0.314. The third kappa shape index (κ3) is 3.75. The van der Waals surface area contributed by atoms with E-state index >= 15 is 0 Å². The first kappa shape index (κ1) is 16.3. The molecule has 2 rings (SSSR count). The number of hydrogen-bond donors (Lipinski definition) is 1. The van der Waals surface area contributed by atoms with Crippen LogP contribution in [-0.4, -0.2) is 46.5 Å². The summed E-state index contributed by atoms with van der Waals surface area (Å²) in [6.45, 7) is 7.62. The Bertz CT molecular complexity index is 526. The lowest BCUT2D eigenvalue weighted by Gasteiger charge is -2.43. The average Bonchev–Trinajstić information content (AvgIpc) is 2.43. The summed E-state index contributed by atoms with van der Waals surface area (Å²) >= 11 is 5.11. The Morgan fingerprint density at radius 3 is 2.43 bits per heavy atom. The van der Waals surface area contributed by atoms with Gasteiger partial charge in [0, 0.05) is 38.3 Å². The molecule has 0 saturated carbocycles. The van der Waals surface area contributed by atoms with Crippen LogP contribution in [0.4, 0.5) is 8.78 Å². The molecule has 3 nitrogen and oxygen atoms in total. The fourth-order valence-corrected chi connectivity index (χ4v) is 2.66. The Labute approximate surface area is 129 Å². The largest absolute Gasteiger partial charge is 0.392 e. The van der Waals surface area contributed by atoms with Gasteiger partial charge in [-0.2, -0.15) is 0 Å². The van der Waals surface area contributed by atoms with Gasteiger partial charge in [0.05, 0.1) is 10.5 Å². The van der Waals surface area contributed by atoms with E-state index in [1.165, 1.54) is 12.1 Å². The van der Waals surface area contributed by atoms with Gasteiger partial charge in [0.25, 0.3) is 0 Å². The maximum Gasteiger partial charge on any atom is 0.127 e. The molecule has 0 amide bonds. The predicted molar refractivity (Wildman–Crippen MR) is 84.1 cm³/mol. The molecule has 0 spiro atoms. The van der Waals surface area contributed by atoms with Gasteiger partial charge in [-0.3, -0.25) is 9.80 Å². The van der Waals surface area contributed by atoms with E-state index in [1.54, 1.807) is 0 Å². The van der Waals surface area contributed by atoms with Crippen molar-refractivity contribution in [3.63, 3.8) is 0 Å². The summed E-state index contributed by atoms with van der Waals surface area (Å²) in [5.41, 5.74) is 5.87. The van der Waals surface area contributed by atoms with Crippen LogP contribution in [0.2, 0.25) is 0 Å². The lowest BCUT2D eigenvalue weighted by atomic mass is 10.0. The predicted octanol–water partition coefficient (Wildman–Crippen LogP) is 2.15. The van der Waals surface area contributed by atoms with Crippen LogP contribution in [0.25, 0.3) is 0 Å². The van der Waals surface area contributed by atoms with Crippen LogP contribution in [0.5, 0.6) is 0 Å². The van der Waals surface area contributed by atoms with Crippen molar-refractivity contribution in [3.8, 4) is 0 Å². The molecule has 1 heterocycles. The summed E-state index contributed by atoms with van der Waals surface area (Å²) in [4.78, 5) is 4.82. The topological polar surface area (TPSA) is 32.5 Å². The molecule has 0 aromatic heterocycles. The maximum atomic E-state index is 13.7. The van der Waals surface area contributed by atoms with Gasteiger partial charge in [0.1, 0.15) is 11.6 Å². The van der Waals surface area contributed by atoms with Crippen LogP contribution in [0, 0.1) is 11.6 Å². The lowest BCUT2D eigenvalue weighted by Crippen LogP contribution is -2.59. The Morgan fingerprint density at radius 2 is 1.86 bits per heavy atom. The zero-order valence-corrected chi connectivity index (χ0v) is 13.2. The van der Waals surface area contributed by atoms with E-state index < -0.39 is 5.82 Å². The number of nitrogens with zero attached hydrogens (tertiary/aromatic N) is 2. The Kier molecular flexibility index (Phi) is 4.91. The molecule has 1 aliphatic rings.